The number of nitrogens with one attached hydrogen (secondary N) is 1. The number of carbonyl (C=O) groups is 1. The molecule has 0 fully saturated rings. The number of ether oxygens (including phenoxy) is 1. The summed E-state index contributed by atoms with van der Waals surface area (Å²) >= 11 is 0. The molecule has 1 N–H and O–H groups in total. The van der Waals surface area contributed by atoms with Crippen LogP contribution in [0.15, 0.2) is 18.3 Å². The summed E-state index contributed by atoms with van der Waals surface area (Å²) in [7, 11) is 1.35. The van der Waals surface area contributed by atoms with Gasteiger partial charge in [0.05, 0.1) is 7.11 Å². The first-order chi connectivity index (χ1) is 8.11. The number of methoxy groups -OCH3 is 1. The summed E-state index contributed by atoms with van der Waals surface area (Å²) in [4.78, 5) is 15.6. The van der Waals surface area contributed by atoms with Gasteiger partial charge in [-0.3, -0.25) is 0 Å². The summed E-state index contributed by atoms with van der Waals surface area (Å²) in [5, 5.41) is 7.11. The highest BCUT2D eigenvalue weighted by molar-refractivity contribution is 5.78. The van der Waals surface area contributed by atoms with Gasteiger partial charge in [0, 0.05) is 6.20 Å². The van der Waals surface area contributed by atoms with Crippen LogP contribution in [0, 0.1) is 6.92 Å². The molecule has 2 aromatic rings. The first kappa shape index (κ1) is 11.4. The van der Waals surface area contributed by atoms with Gasteiger partial charge in [-0.25, -0.2) is 9.31 Å². The Hall–Kier alpha value is -2.11. The van der Waals surface area contributed by atoms with Crippen molar-refractivity contribution in [2.75, 3.05) is 12.4 Å². The molecular weight excluding hydrogens is 220 g/mol. The number of anilines is 1. The molecule has 0 aliphatic rings. The van der Waals surface area contributed by atoms with Crippen molar-refractivity contribution in [2.45, 2.75) is 19.9 Å². The van der Waals surface area contributed by atoms with Crippen LogP contribution in [0.3, 0.4) is 0 Å². The average molecular weight is 234 g/mol. The van der Waals surface area contributed by atoms with E-state index in [1.807, 2.05) is 25.3 Å². The molecule has 0 aromatic carbocycles. The highest BCUT2D eigenvalue weighted by Gasteiger charge is 2.15. The summed E-state index contributed by atoms with van der Waals surface area (Å²) in [6.45, 7) is 3.65. The number of aromatic nitrogens is 3. The fraction of sp³-hybridized carbons (Fsp3) is 0.364. The van der Waals surface area contributed by atoms with Gasteiger partial charge in [-0.2, -0.15) is 4.98 Å². The van der Waals surface area contributed by atoms with Crippen molar-refractivity contribution in [3.05, 3.63) is 23.9 Å². The maximum atomic E-state index is 11.3. The first-order valence-corrected chi connectivity index (χ1v) is 5.28. The van der Waals surface area contributed by atoms with Gasteiger partial charge in [-0.15, -0.1) is 5.10 Å². The number of carbonyl (C=O) groups excluding carboxylic acids is 1. The van der Waals surface area contributed by atoms with E-state index in [0.29, 0.717) is 5.95 Å². The Morgan fingerprint density at radius 2 is 2.35 bits per heavy atom. The highest BCUT2D eigenvalue weighted by Crippen LogP contribution is 2.10. The van der Waals surface area contributed by atoms with Gasteiger partial charge in [0.1, 0.15) is 6.04 Å². The minimum absolute atomic E-state index is 0.347. The van der Waals surface area contributed by atoms with Crippen molar-refractivity contribution in [2.24, 2.45) is 0 Å². The van der Waals surface area contributed by atoms with Gasteiger partial charge in [-0.1, -0.05) is 6.07 Å². The van der Waals surface area contributed by atoms with E-state index in [-0.39, 0.29) is 5.97 Å². The second-order valence-electron chi connectivity index (χ2n) is 3.78. The molecule has 1 unspecified atom stereocenters. The lowest BCUT2D eigenvalue weighted by Gasteiger charge is -2.08. The molecule has 0 radical (unpaired) electrons. The fourth-order valence-electron chi connectivity index (χ4n) is 1.53. The van der Waals surface area contributed by atoms with E-state index in [1.54, 1.807) is 11.4 Å². The van der Waals surface area contributed by atoms with E-state index in [4.69, 9.17) is 0 Å². The maximum absolute atomic E-state index is 11.3. The second-order valence-corrected chi connectivity index (χ2v) is 3.78. The van der Waals surface area contributed by atoms with Crippen molar-refractivity contribution < 1.29 is 9.53 Å². The monoisotopic (exact) mass is 234 g/mol. The molecule has 1 atom stereocenters. The first-order valence-electron chi connectivity index (χ1n) is 5.28. The molecule has 2 aromatic heterocycles. The Balaban J connectivity index is 2.26. The number of hydrogen-bond donors (Lipinski definition) is 1. The third kappa shape index (κ3) is 2.20. The number of hydrogen-bond acceptors (Lipinski definition) is 5. The Morgan fingerprint density at radius 1 is 1.59 bits per heavy atom. The Morgan fingerprint density at radius 3 is 3.00 bits per heavy atom. The molecule has 17 heavy (non-hydrogen) atoms. The number of esters is 1. The van der Waals surface area contributed by atoms with Crippen LogP contribution in [0.4, 0.5) is 5.95 Å². The SMILES string of the molecule is COC(=O)C(C)Nc1nc2c(C)cccn2n1. The van der Waals surface area contributed by atoms with Crippen molar-refractivity contribution in [1.82, 2.24) is 14.6 Å². The molecule has 0 saturated heterocycles. The van der Waals surface area contributed by atoms with Crippen molar-refractivity contribution >= 4 is 17.6 Å². The van der Waals surface area contributed by atoms with E-state index in [1.165, 1.54) is 7.11 Å². The summed E-state index contributed by atoms with van der Waals surface area (Å²) in [6, 6.07) is 3.37. The quantitative estimate of drug-likeness (QED) is 0.803. The fourth-order valence-corrected chi connectivity index (χ4v) is 1.53. The maximum Gasteiger partial charge on any atom is 0.328 e. The van der Waals surface area contributed by atoms with Crippen LogP contribution >= 0.6 is 0 Å². The minimum atomic E-state index is -0.474. The molecule has 0 aliphatic heterocycles. The summed E-state index contributed by atoms with van der Waals surface area (Å²) in [5.41, 5.74) is 1.80. The van der Waals surface area contributed by atoms with Crippen molar-refractivity contribution in [3.8, 4) is 0 Å². The number of fused-ring (bicyclic) bond motifs is 1. The van der Waals surface area contributed by atoms with E-state index in [2.05, 4.69) is 20.1 Å². The summed E-state index contributed by atoms with van der Waals surface area (Å²) in [5.74, 6) is 0.0674. The molecule has 2 rings (SSSR count). The lowest BCUT2D eigenvalue weighted by Crippen LogP contribution is -2.27. The topological polar surface area (TPSA) is 68.5 Å². The van der Waals surface area contributed by atoms with Gasteiger partial charge in [0.25, 0.3) is 0 Å². The van der Waals surface area contributed by atoms with Crippen LogP contribution in [-0.2, 0) is 9.53 Å². The average Bonchev–Trinajstić information content (AvgIpc) is 2.72. The van der Waals surface area contributed by atoms with Crippen LogP contribution in [0.2, 0.25) is 0 Å². The molecule has 0 spiro atoms. The minimum Gasteiger partial charge on any atom is -0.467 e. The Kier molecular flexibility index (Phi) is 2.95. The number of pyridine rings is 1. The number of aryl methyl sites for hydroxylation is 1. The molecule has 0 saturated carbocycles. The van der Waals surface area contributed by atoms with Crippen LogP contribution in [0.5, 0.6) is 0 Å². The molecule has 0 amide bonds. The van der Waals surface area contributed by atoms with Crippen molar-refractivity contribution in [3.63, 3.8) is 0 Å². The van der Waals surface area contributed by atoms with Gasteiger partial charge in [-0.05, 0) is 25.5 Å². The smallest absolute Gasteiger partial charge is 0.328 e. The molecule has 2 heterocycles. The molecule has 0 aliphatic carbocycles. The molecule has 0 bridgehead atoms. The van der Waals surface area contributed by atoms with Gasteiger partial charge in [0.15, 0.2) is 5.65 Å². The standard InChI is InChI=1S/C11H14N4O2/c1-7-5-4-6-15-9(7)13-11(14-15)12-8(2)10(16)17-3/h4-6,8H,1-3H3,(H,12,14). The zero-order valence-electron chi connectivity index (χ0n) is 9.97. The summed E-state index contributed by atoms with van der Waals surface area (Å²) < 4.78 is 6.29. The van der Waals surface area contributed by atoms with Gasteiger partial charge >= 0.3 is 5.97 Å². The number of nitrogens with zero attached hydrogens (tertiary/aromatic N) is 3. The van der Waals surface area contributed by atoms with E-state index < -0.39 is 6.04 Å². The van der Waals surface area contributed by atoms with Crippen LogP contribution in [0.1, 0.15) is 12.5 Å². The Labute approximate surface area is 98.6 Å². The van der Waals surface area contributed by atoms with Crippen LogP contribution in [0.25, 0.3) is 5.65 Å². The molecule has 6 nitrogen and oxygen atoms in total. The molecule has 90 valence electrons. The lowest BCUT2D eigenvalue weighted by atomic mass is 10.3. The number of rotatable bonds is 3. The predicted molar refractivity (Wildman–Crippen MR) is 62.8 cm³/mol. The van der Waals surface area contributed by atoms with Gasteiger partial charge < -0.3 is 10.1 Å². The summed E-state index contributed by atoms with van der Waals surface area (Å²) in [6.07, 6.45) is 1.81. The third-order valence-electron chi connectivity index (χ3n) is 2.46. The largest absolute Gasteiger partial charge is 0.467 e. The van der Waals surface area contributed by atoms with Gasteiger partial charge in [0.2, 0.25) is 5.95 Å². The highest BCUT2D eigenvalue weighted by atomic mass is 16.5. The molecular formula is C11H14N4O2. The zero-order valence-corrected chi connectivity index (χ0v) is 9.97. The third-order valence-corrected chi connectivity index (χ3v) is 2.46. The van der Waals surface area contributed by atoms with E-state index in [0.717, 1.165) is 11.2 Å². The Bertz CT molecular complexity index is 549. The van der Waals surface area contributed by atoms with Crippen LogP contribution < -0.4 is 5.32 Å². The zero-order chi connectivity index (χ0) is 12.4. The molecule has 6 heteroatoms. The predicted octanol–water partition coefficient (Wildman–Crippen LogP) is 1.01. The van der Waals surface area contributed by atoms with E-state index >= 15 is 0 Å². The van der Waals surface area contributed by atoms with Crippen LogP contribution in [-0.4, -0.2) is 33.7 Å². The second kappa shape index (κ2) is 4.40. The lowest BCUT2D eigenvalue weighted by molar-refractivity contribution is -0.141. The van der Waals surface area contributed by atoms with E-state index in [9.17, 15) is 4.79 Å². The van der Waals surface area contributed by atoms with Crippen molar-refractivity contribution in [1.29, 1.82) is 0 Å². The normalized spacial score (nSPS) is 12.4.